The van der Waals surface area contributed by atoms with Gasteiger partial charge < -0.3 is 9.16 Å². The lowest BCUT2D eigenvalue weighted by Gasteiger charge is -2.58. The summed E-state index contributed by atoms with van der Waals surface area (Å²) in [4.78, 5) is 12.6. The Hall–Kier alpha value is -0.453. The van der Waals surface area contributed by atoms with Gasteiger partial charge in [-0.05, 0) is 98.6 Å². The number of ketones is 1. The van der Waals surface area contributed by atoms with Crippen molar-refractivity contribution in [2.45, 2.75) is 117 Å². The second-order valence-corrected chi connectivity index (χ2v) is 18.4. The van der Waals surface area contributed by atoms with Crippen LogP contribution in [0.4, 0.5) is 0 Å². The van der Waals surface area contributed by atoms with E-state index in [1.807, 2.05) is 7.11 Å². The highest BCUT2D eigenvalue weighted by Crippen LogP contribution is 2.66. The van der Waals surface area contributed by atoms with Gasteiger partial charge in [0.2, 0.25) is 0 Å². The number of Topliss-reactive ketones (excluding diaryl/α,β-unsaturated/α-hetero) is 1. The molecule has 0 amide bonds. The van der Waals surface area contributed by atoms with Crippen LogP contribution < -0.4 is 0 Å². The molecule has 0 unspecified atom stereocenters. The number of methoxy groups -OCH3 is 1. The lowest BCUT2D eigenvalue weighted by Crippen LogP contribution is -2.52. The third-order valence-electron chi connectivity index (χ3n) is 11.1. The molecule has 8 atom stereocenters. The molecule has 4 heteroatoms. The van der Waals surface area contributed by atoms with Crippen molar-refractivity contribution in [1.82, 2.24) is 0 Å². The van der Waals surface area contributed by atoms with Crippen molar-refractivity contribution >= 4 is 14.1 Å². The number of allylic oxidation sites excluding steroid dienone is 1. The topological polar surface area (TPSA) is 35.5 Å². The minimum atomic E-state index is -1.74. The van der Waals surface area contributed by atoms with E-state index in [1.165, 1.54) is 32.1 Å². The maximum Gasteiger partial charge on any atom is 0.192 e. The summed E-state index contributed by atoms with van der Waals surface area (Å²) in [6, 6.07) is 0. The quantitative estimate of drug-likeness (QED) is 0.329. The summed E-state index contributed by atoms with van der Waals surface area (Å²) >= 11 is 0. The fourth-order valence-corrected chi connectivity index (χ4v) is 9.66. The van der Waals surface area contributed by atoms with Gasteiger partial charge in [0.15, 0.2) is 8.32 Å². The average Bonchev–Trinajstić information content (AvgIpc) is 2.99. The molecule has 3 fully saturated rings. The van der Waals surface area contributed by atoms with Crippen molar-refractivity contribution in [3.05, 3.63) is 11.6 Å². The van der Waals surface area contributed by atoms with Crippen molar-refractivity contribution in [3.63, 3.8) is 0 Å². The second kappa shape index (κ2) is 8.05. The van der Waals surface area contributed by atoms with Crippen LogP contribution >= 0.6 is 0 Å². The monoisotopic (exact) mass is 460 g/mol. The van der Waals surface area contributed by atoms with Gasteiger partial charge in [-0.25, -0.2) is 0 Å². The van der Waals surface area contributed by atoms with E-state index in [4.69, 9.17) is 9.16 Å². The smallest absolute Gasteiger partial charge is 0.192 e. The van der Waals surface area contributed by atoms with Crippen LogP contribution in [0.3, 0.4) is 0 Å². The molecule has 0 aliphatic heterocycles. The lowest BCUT2D eigenvalue weighted by molar-refractivity contribution is -0.131. The molecule has 32 heavy (non-hydrogen) atoms. The zero-order chi connectivity index (χ0) is 23.7. The highest BCUT2D eigenvalue weighted by molar-refractivity contribution is 6.74. The molecular formula is C28H48O3Si. The number of fused-ring (bicyclic) bond motifs is 5. The van der Waals surface area contributed by atoms with Gasteiger partial charge in [0.25, 0.3) is 0 Å². The molecule has 0 aromatic carbocycles. The molecule has 0 saturated heterocycles. The Morgan fingerprint density at radius 2 is 1.81 bits per heavy atom. The molecule has 0 N–H and O–H groups in total. The van der Waals surface area contributed by atoms with Gasteiger partial charge in [-0.3, -0.25) is 4.79 Å². The minimum absolute atomic E-state index is 0.0744. The summed E-state index contributed by atoms with van der Waals surface area (Å²) in [5, 5.41) is 0.265. The Balaban J connectivity index is 1.56. The van der Waals surface area contributed by atoms with Crippen LogP contribution in [-0.4, -0.2) is 33.4 Å². The first-order valence-electron chi connectivity index (χ1n) is 13.1. The highest BCUT2D eigenvalue weighted by Gasteiger charge is 2.62. The van der Waals surface area contributed by atoms with E-state index >= 15 is 0 Å². The number of carbonyl (C=O) groups is 1. The lowest BCUT2D eigenvalue weighted by atomic mass is 9.47. The standard InChI is InChI=1S/C28H48O3Si/c1-18(29)25-24(30-7)17-23-21-11-10-19-16-20(31-32(8,9)26(2,3)4)12-14-27(19,5)22(21)13-15-28(23,25)6/h10,20-25H,11-17H2,1-9H3/t20-,21-,22-,23-,24-,25+,27+,28-/m1/s1. The summed E-state index contributed by atoms with van der Waals surface area (Å²) in [6.07, 6.45) is 11.4. The van der Waals surface area contributed by atoms with Gasteiger partial charge in [-0.2, -0.15) is 0 Å². The first kappa shape index (κ1) is 24.7. The second-order valence-electron chi connectivity index (χ2n) is 13.6. The van der Waals surface area contributed by atoms with E-state index in [1.54, 1.807) is 12.5 Å². The fourth-order valence-electron chi connectivity index (χ4n) is 8.27. The molecule has 182 valence electrons. The predicted octanol–water partition coefficient (Wildman–Crippen LogP) is 7.17. The van der Waals surface area contributed by atoms with Crippen LogP contribution in [0.1, 0.15) is 86.5 Å². The van der Waals surface area contributed by atoms with Gasteiger partial charge in [-0.15, -0.1) is 0 Å². The van der Waals surface area contributed by atoms with Crippen molar-refractivity contribution in [1.29, 1.82) is 0 Å². The van der Waals surface area contributed by atoms with Gasteiger partial charge in [0.1, 0.15) is 5.78 Å². The Morgan fingerprint density at radius 3 is 2.41 bits per heavy atom. The number of carbonyl (C=O) groups excluding carboxylic acids is 1. The van der Waals surface area contributed by atoms with Gasteiger partial charge in [-0.1, -0.05) is 46.3 Å². The molecule has 3 saturated carbocycles. The Labute approximate surface area is 198 Å². The van der Waals surface area contributed by atoms with Crippen molar-refractivity contribution in [3.8, 4) is 0 Å². The normalized spacial score (nSPS) is 44.3. The van der Waals surface area contributed by atoms with E-state index in [9.17, 15) is 4.79 Å². The largest absolute Gasteiger partial charge is 0.414 e. The molecule has 4 aliphatic rings. The van der Waals surface area contributed by atoms with E-state index in [0.29, 0.717) is 29.1 Å². The average molecular weight is 461 g/mol. The number of hydrogen-bond acceptors (Lipinski definition) is 3. The number of hydrogen-bond donors (Lipinski definition) is 0. The van der Waals surface area contributed by atoms with Crippen LogP contribution in [0.2, 0.25) is 18.1 Å². The van der Waals surface area contributed by atoms with Gasteiger partial charge in [0.05, 0.1) is 6.10 Å². The molecule has 0 heterocycles. The van der Waals surface area contributed by atoms with E-state index in [-0.39, 0.29) is 22.5 Å². The summed E-state index contributed by atoms with van der Waals surface area (Å²) < 4.78 is 12.8. The summed E-state index contributed by atoms with van der Waals surface area (Å²) in [7, 11) is 0.0694. The van der Waals surface area contributed by atoms with Crippen LogP contribution in [0, 0.1) is 34.5 Å². The van der Waals surface area contributed by atoms with Crippen LogP contribution in [0.15, 0.2) is 11.6 Å². The molecule has 0 aromatic heterocycles. The van der Waals surface area contributed by atoms with Crippen molar-refractivity contribution in [2.24, 2.45) is 34.5 Å². The summed E-state index contributed by atoms with van der Waals surface area (Å²) in [6.45, 7) is 18.6. The molecule has 3 nitrogen and oxygen atoms in total. The van der Waals surface area contributed by atoms with E-state index in [2.05, 4.69) is 53.8 Å². The molecule has 0 aromatic rings. The van der Waals surface area contributed by atoms with Crippen LogP contribution in [-0.2, 0) is 14.0 Å². The molecule has 4 rings (SSSR count). The molecule has 0 spiro atoms. The zero-order valence-corrected chi connectivity index (χ0v) is 23.2. The fraction of sp³-hybridized carbons (Fsp3) is 0.893. The molecule has 0 radical (unpaired) electrons. The Kier molecular flexibility index (Phi) is 6.21. The maximum absolute atomic E-state index is 12.6. The van der Waals surface area contributed by atoms with Crippen molar-refractivity contribution < 1.29 is 14.0 Å². The Morgan fingerprint density at radius 1 is 1.12 bits per heavy atom. The van der Waals surface area contributed by atoms with Crippen LogP contribution in [0.5, 0.6) is 0 Å². The summed E-state index contributed by atoms with van der Waals surface area (Å²) in [5.41, 5.74) is 2.11. The van der Waals surface area contributed by atoms with E-state index < -0.39 is 8.32 Å². The first-order valence-corrected chi connectivity index (χ1v) is 16.1. The van der Waals surface area contributed by atoms with Gasteiger partial charge in [0, 0.05) is 19.1 Å². The zero-order valence-electron chi connectivity index (χ0n) is 22.2. The number of ether oxygens (including phenoxy) is 1. The minimum Gasteiger partial charge on any atom is -0.414 e. The third-order valence-corrected chi connectivity index (χ3v) is 15.6. The predicted molar refractivity (Wildman–Crippen MR) is 134 cm³/mol. The van der Waals surface area contributed by atoms with E-state index in [0.717, 1.165) is 18.8 Å². The third kappa shape index (κ3) is 3.71. The Bertz CT molecular complexity index is 780. The highest BCUT2D eigenvalue weighted by atomic mass is 28.4. The molecule has 0 bridgehead atoms. The van der Waals surface area contributed by atoms with Gasteiger partial charge >= 0.3 is 0 Å². The molecular weight excluding hydrogens is 412 g/mol. The maximum atomic E-state index is 12.6. The van der Waals surface area contributed by atoms with Crippen LogP contribution in [0.25, 0.3) is 0 Å². The SMILES string of the molecule is CO[C@@H]1C[C@@H]2[C@@H]3CC=C4C[C@H](O[Si](C)(C)C(C)(C)C)CC[C@]4(C)[C@@H]3CC[C@@]2(C)[C@H]1C(C)=O. The molecule has 4 aliphatic carbocycles. The first-order chi connectivity index (χ1) is 14.7. The van der Waals surface area contributed by atoms with Crippen molar-refractivity contribution in [2.75, 3.05) is 7.11 Å². The summed E-state index contributed by atoms with van der Waals surface area (Å²) in [5.74, 6) is 2.46. The number of rotatable bonds is 4.